The van der Waals surface area contributed by atoms with Gasteiger partial charge in [0.05, 0.1) is 19.4 Å². The Bertz CT molecular complexity index is 691. The molecule has 1 N–H and O–H groups in total. The van der Waals surface area contributed by atoms with Crippen molar-refractivity contribution in [3.63, 3.8) is 0 Å². The van der Waals surface area contributed by atoms with Gasteiger partial charge in [0.25, 0.3) is 0 Å². The summed E-state index contributed by atoms with van der Waals surface area (Å²) in [6.45, 7) is 4.63. The highest BCUT2D eigenvalue weighted by atomic mass is 16.5. The number of nitrogens with zero attached hydrogens (tertiary/aromatic N) is 2. The molecular weight excluding hydrogens is 292 g/mol. The molecule has 1 aromatic heterocycles. The van der Waals surface area contributed by atoms with Crippen molar-refractivity contribution in [1.29, 1.82) is 0 Å². The Balaban J connectivity index is 1.76. The molecule has 3 rings (SSSR count). The van der Waals surface area contributed by atoms with Crippen molar-refractivity contribution in [3.8, 4) is 5.75 Å². The molecule has 5 heteroatoms. The number of aromatic nitrogens is 1. The number of ether oxygens (including phenoxy) is 1. The van der Waals surface area contributed by atoms with E-state index in [1.165, 1.54) is 5.56 Å². The summed E-state index contributed by atoms with van der Waals surface area (Å²) in [6, 6.07) is 11.8. The molecule has 0 atom stereocenters. The van der Waals surface area contributed by atoms with Crippen LogP contribution < -0.4 is 5.43 Å². The minimum Gasteiger partial charge on any atom is -0.503 e. The molecule has 0 unspecified atom stereocenters. The average molecular weight is 314 g/mol. The number of pyridine rings is 1. The molecule has 1 saturated heterocycles. The van der Waals surface area contributed by atoms with Crippen LogP contribution in [0, 0.1) is 0 Å². The molecule has 1 aliphatic heterocycles. The van der Waals surface area contributed by atoms with Crippen LogP contribution in [0.2, 0.25) is 0 Å². The summed E-state index contributed by atoms with van der Waals surface area (Å²) in [5.74, 6) is -0.191. The molecule has 122 valence electrons. The summed E-state index contributed by atoms with van der Waals surface area (Å²) in [4.78, 5) is 14.1. The Morgan fingerprint density at radius 1 is 1.13 bits per heavy atom. The molecule has 23 heavy (non-hydrogen) atoms. The van der Waals surface area contributed by atoms with Crippen molar-refractivity contribution in [3.05, 3.63) is 64.1 Å². The van der Waals surface area contributed by atoms with Crippen LogP contribution in [-0.2, 0) is 24.2 Å². The van der Waals surface area contributed by atoms with E-state index in [4.69, 9.17) is 4.74 Å². The average Bonchev–Trinajstić information content (AvgIpc) is 2.58. The van der Waals surface area contributed by atoms with Gasteiger partial charge in [0, 0.05) is 37.9 Å². The monoisotopic (exact) mass is 314 g/mol. The Kier molecular flexibility index (Phi) is 5.10. The van der Waals surface area contributed by atoms with Crippen molar-refractivity contribution in [2.75, 3.05) is 26.3 Å². The van der Waals surface area contributed by atoms with E-state index in [1.807, 2.05) is 22.8 Å². The SMILES string of the molecule is O=c1cc(CN2CCOCC2)n(CCc2ccccc2)cc1O. The van der Waals surface area contributed by atoms with Gasteiger partial charge in [-0.1, -0.05) is 30.3 Å². The van der Waals surface area contributed by atoms with E-state index in [0.29, 0.717) is 6.54 Å². The fourth-order valence-corrected chi connectivity index (χ4v) is 2.83. The van der Waals surface area contributed by atoms with Crippen LogP contribution >= 0.6 is 0 Å². The van der Waals surface area contributed by atoms with E-state index >= 15 is 0 Å². The molecule has 2 heterocycles. The van der Waals surface area contributed by atoms with Crippen molar-refractivity contribution in [1.82, 2.24) is 9.47 Å². The maximum absolute atomic E-state index is 11.8. The maximum Gasteiger partial charge on any atom is 0.223 e. The lowest BCUT2D eigenvalue weighted by atomic mass is 10.1. The minimum atomic E-state index is -0.316. The van der Waals surface area contributed by atoms with Gasteiger partial charge in [-0.15, -0.1) is 0 Å². The van der Waals surface area contributed by atoms with Gasteiger partial charge < -0.3 is 14.4 Å². The van der Waals surface area contributed by atoms with Crippen LogP contribution in [-0.4, -0.2) is 40.9 Å². The summed E-state index contributed by atoms with van der Waals surface area (Å²) in [5.41, 5.74) is 1.86. The van der Waals surface area contributed by atoms with Crippen molar-refractivity contribution >= 4 is 0 Å². The molecule has 2 aromatic rings. The second kappa shape index (κ2) is 7.44. The summed E-state index contributed by atoms with van der Waals surface area (Å²) >= 11 is 0. The van der Waals surface area contributed by atoms with Crippen molar-refractivity contribution in [2.24, 2.45) is 0 Å². The molecule has 0 bridgehead atoms. The van der Waals surface area contributed by atoms with Crippen LogP contribution in [0.1, 0.15) is 11.3 Å². The van der Waals surface area contributed by atoms with E-state index in [1.54, 1.807) is 12.3 Å². The van der Waals surface area contributed by atoms with E-state index in [-0.39, 0.29) is 11.2 Å². The Labute approximate surface area is 135 Å². The number of hydrogen-bond donors (Lipinski definition) is 1. The molecule has 1 fully saturated rings. The van der Waals surface area contributed by atoms with Crippen molar-refractivity contribution in [2.45, 2.75) is 19.5 Å². The quantitative estimate of drug-likeness (QED) is 0.911. The van der Waals surface area contributed by atoms with Gasteiger partial charge in [0.1, 0.15) is 0 Å². The van der Waals surface area contributed by atoms with Gasteiger partial charge in [0.2, 0.25) is 5.43 Å². The van der Waals surface area contributed by atoms with Crippen LogP contribution in [0.4, 0.5) is 0 Å². The lowest BCUT2D eigenvalue weighted by Crippen LogP contribution is -2.36. The van der Waals surface area contributed by atoms with Gasteiger partial charge in [0.15, 0.2) is 5.75 Å². The first-order valence-corrected chi connectivity index (χ1v) is 7.99. The van der Waals surface area contributed by atoms with Gasteiger partial charge in [-0.05, 0) is 12.0 Å². The maximum atomic E-state index is 11.8. The van der Waals surface area contributed by atoms with Gasteiger partial charge in [-0.3, -0.25) is 9.69 Å². The number of benzene rings is 1. The number of morpholine rings is 1. The largest absolute Gasteiger partial charge is 0.503 e. The first-order valence-electron chi connectivity index (χ1n) is 7.99. The predicted octanol–water partition coefficient (Wildman–Crippen LogP) is 1.63. The zero-order valence-electron chi connectivity index (χ0n) is 13.1. The van der Waals surface area contributed by atoms with Gasteiger partial charge in [-0.25, -0.2) is 0 Å². The number of rotatable bonds is 5. The molecule has 1 aromatic carbocycles. The third kappa shape index (κ3) is 4.21. The topological polar surface area (TPSA) is 54.7 Å². The second-order valence-corrected chi connectivity index (χ2v) is 5.83. The highest BCUT2D eigenvalue weighted by molar-refractivity contribution is 5.21. The highest BCUT2D eigenvalue weighted by Gasteiger charge is 2.14. The Morgan fingerprint density at radius 2 is 1.87 bits per heavy atom. The van der Waals surface area contributed by atoms with Crippen LogP contribution in [0.25, 0.3) is 0 Å². The van der Waals surface area contributed by atoms with Crippen LogP contribution in [0.5, 0.6) is 5.75 Å². The summed E-state index contributed by atoms with van der Waals surface area (Å²) in [6.07, 6.45) is 2.42. The number of aromatic hydroxyl groups is 1. The third-order valence-electron chi connectivity index (χ3n) is 4.17. The van der Waals surface area contributed by atoms with E-state index < -0.39 is 0 Å². The summed E-state index contributed by atoms with van der Waals surface area (Å²) in [5, 5.41) is 9.76. The molecule has 0 spiro atoms. The molecular formula is C18H22N2O3. The molecule has 1 aliphatic rings. The second-order valence-electron chi connectivity index (χ2n) is 5.83. The number of aryl methyl sites for hydroxylation is 2. The third-order valence-corrected chi connectivity index (χ3v) is 4.17. The zero-order valence-corrected chi connectivity index (χ0v) is 13.1. The van der Waals surface area contributed by atoms with E-state index in [2.05, 4.69) is 17.0 Å². The summed E-state index contributed by atoms with van der Waals surface area (Å²) in [7, 11) is 0. The normalized spacial score (nSPS) is 15.7. The number of hydrogen-bond acceptors (Lipinski definition) is 4. The fraction of sp³-hybridized carbons (Fsp3) is 0.389. The molecule has 0 radical (unpaired) electrons. The van der Waals surface area contributed by atoms with Gasteiger partial charge in [-0.2, -0.15) is 0 Å². The predicted molar refractivity (Wildman–Crippen MR) is 88.6 cm³/mol. The van der Waals surface area contributed by atoms with Crippen LogP contribution in [0.3, 0.4) is 0 Å². The lowest BCUT2D eigenvalue weighted by molar-refractivity contribution is 0.0330. The first kappa shape index (κ1) is 15.8. The molecule has 5 nitrogen and oxygen atoms in total. The van der Waals surface area contributed by atoms with Crippen LogP contribution in [0.15, 0.2) is 47.4 Å². The molecule has 0 amide bonds. The van der Waals surface area contributed by atoms with E-state index in [0.717, 1.165) is 45.0 Å². The zero-order chi connectivity index (χ0) is 16.1. The lowest BCUT2D eigenvalue weighted by Gasteiger charge is -2.27. The van der Waals surface area contributed by atoms with Gasteiger partial charge >= 0.3 is 0 Å². The first-order chi connectivity index (χ1) is 11.2. The standard InChI is InChI=1S/C18H22N2O3/c21-17-12-16(13-19-8-10-23-11-9-19)20(14-18(17)22)7-6-15-4-2-1-3-5-15/h1-5,12,14,22H,6-11,13H2. The summed E-state index contributed by atoms with van der Waals surface area (Å²) < 4.78 is 7.35. The minimum absolute atomic E-state index is 0.191. The fourth-order valence-electron chi connectivity index (χ4n) is 2.83. The molecule has 0 aliphatic carbocycles. The Hall–Kier alpha value is -2.11. The smallest absolute Gasteiger partial charge is 0.223 e. The highest BCUT2D eigenvalue weighted by Crippen LogP contribution is 2.11. The Morgan fingerprint density at radius 3 is 2.61 bits per heavy atom. The molecule has 0 saturated carbocycles. The van der Waals surface area contributed by atoms with E-state index in [9.17, 15) is 9.90 Å². The van der Waals surface area contributed by atoms with Crippen molar-refractivity contribution < 1.29 is 9.84 Å².